The number of benzene rings is 1. The van der Waals surface area contributed by atoms with Crippen LogP contribution in [0, 0.1) is 0 Å². The highest BCUT2D eigenvalue weighted by Gasteiger charge is 2.15. The van der Waals surface area contributed by atoms with Crippen molar-refractivity contribution in [1.29, 1.82) is 0 Å². The Morgan fingerprint density at radius 1 is 1.24 bits per heavy atom. The Morgan fingerprint density at radius 2 is 1.90 bits per heavy atom. The molecule has 0 unspecified atom stereocenters. The number of nitrogens with zero attached hydrogens (tertiary/aromatic N) is 1. The summed E-state index contributed by atoms with van der Waals surface area (Å²) in [6, 6.07) is 4.81. The summed E-state index contributed by atoms with van der Waals surface area (Å²) in [4.78, 5) is 2.36. The molecule has 0 bridgehead atoms. The van der Waals surface area contributed by atoms with Gasteiger partial charge in [-0.1, -0.05) is 31.5 Å². The maximum atomic E-state index is 12.2. The summed E-state index contributed by atoms with van der Waals surface area (Å²) in [6.45, 7) is 7.61. The average Bonchev–Trinajstić information content (AvgIpc) is 2.46. The first-order chi connectivity index (χ1) is 9.94. The van der Waals surface area contributed by atoms with E-state index in [0.717, 1.165) is 18.7 Å². The van der Waals surface area contributed by atoms with Crippen LogP contribution < -0.4 is 10.0 Å². The zero-order valence-electron chi connectivity index (χ0n) is 12.8. The van der Waals surface area contributed by atoms with Crippen molar-refractivity contribution in [3.8, 4) is 0 Å². The van der Waals surface area contributed by atoms with Crippen LogP contribution in [0.25, 0.3) is 0 Å². The molecular formula is C14H24ClN3O2S. The highest BCUT2D eigenvalue weighted by Crippen LogP contribution is 2.20. The normalized spacial score (nSPS) is 12.0. The number of halogens is 1. The van der Waals surface area contributed by atoms with E-state index in [9.17, 15) is 8.42 Å². The lowest BCUT2D eigenvalue weighted by atomic mass is 10.2. The molecule has 0 saturated heterocycles. The maximum Gasteiger partial charge on any atom is 0.240 e. The van der Waals surface area contributed by atoms with Crippen molar-refractivity contribution >= 4 is 21.6 Å². The largest absolute Gasteiger partial charge is 0.316 e. The molecule has 0 amide bonds. The minimum Gasteiger partial charge on any atom is -0.316 e. The molecule has 0 aliphatic carbocycles. The van der Waals surface area contributed by atoms with Crippen molar-refractivity contribution < 1.29 is 8.42 Å². The molecule has 120 valence electrons. The summed E-state index contributed by atoms with van der Waals surface area (Å²) < 4.78 is 27.0. The van der Waals surface area contributed by atoms with Crippen LogP contribution in [-0.4, -0.2) is 46.5 Å². The molecule has 1 aromatic carbocycles. The molecule has 0 aromatic heterocycles. The van der Waals surface area contributed by atoms with Crippen molar-refractivity contribution in [2.75, 3.05) is 33.2 Å². The highest BCUT2D eigenvalue weighted by molar-refractivity contribution is 7.89. The summed E-state index contributed by atoms with van der Waals surface area (Å²) in [5, 5.41) is 3.44. The Kier molecular flexibility index (Phi) is 7.62. The molecule has 0 atom stereocenters. The first-order valence-electron chi connectivity index (χ1n) is 7.09. The third-order valence-corrected chi connectivity index (χ3v) is 5.13. The molecule has 0 spiro atoms. The summed E-state index contributed by atoms with van der Waals surface area (Å²) in [5.41, 5.74) is 0.876. The van der Waals surface area contributed by atoms with E-state index in [4.69, 9.17) is 11.6 Å². The number of nitrogens with one attached hydrogen (secondary N) is 2. The SMILES string of the molecule is CCN(CC)CCNS(=O)(=O)c1ccc(CNC)c(Cl)c1. The van der Waals surface area contributed by atoms with E-state index >= 15 is 0 Å². The summed E-state index contributed by atoms with van der Waals surface area (Å²) in [6.07, 6.45) is 0. The van der Waals surface area contributed by atoms with Gasteiger partial charge >= 0.3 is 0 Å². The molecule has 0 aliphatic rings. The van der Waals surface area contributed by atoms with Gasteiger partial charge in [-0.25, -0.2) is 13.1 Å². The summed E-state index contributed by atoms with van der Waals surface area (Å²) >= 11 is 6.10. The molecule has 0 saturated carbocycles. The van der Waals surface area contributed by atoms with Crippen LogP contribution in [0.1, 0.15) is 19.4 Å². The first-order valence-corrected chi connectivity index (χ1v) is 8.95. The third-order valence-electron chi connectivity index (χ3n) is 3.32. The standard InChI is InChI=1S/C14H24ClN3O2S/c1-4-18(5-2)9-8-17-21(19,20)13-7-6-12(11-16-3)14(15)10-13/h6-7,10,16-17H,4-5,8-9,11H2,1-3H3. The lowest BCUT2D eigenvalue weighted by Crippen LogP contribution is -2.34. The molecule has 7 heteroatoms. The van der Waals surface area contributed by atoms with Crippen molar-refractivity contribution in [1.82, 2.24) is 14.9 Å². The molecule has 0 heterocycles. The van der Waals surface area contributed by atoms with Gasteiger partial charge in [-0.05, 0) is 37.8 Å². The van der Waals surface area contributed by atoms with Crippen LogP contribution in [0.3, 0.4) is 0 Å². The molecule has 0 radical (unpaired) electrons. The van der Waals surface area contributed by atoms with Gasteiger partial charge in [0.15, 0.2) is 0 Å². The number of hydrogen-bond donors (Lipinski definition) is 2. The molecule has 0 fully saturated rings. The van der Waals surface area contributed by atoms with Crippen molar-refractivity contribution in [3.63, 3.8) is 0 Å². The van der Waals surface area contributed by atoms with Gasteiger partial charge in [0.25, 0.3) is 0 Å². The van der Waals surface area contributed by atoms with Crippen LogP contribution >= 0.6 is 11.6 Å². The fraction of sp³-hybridized carbons (Fsp3) is 0.571. The minimum atomic E-state index is -3.51. The van der Waals surface area contributed by atoms with Crippen LogP contribution in [0.5, 0.6) is 0 Å². The van der Waals surface area contributed by atoms with Gasteiger partial charge in [-0.2, -0.15) is 0 Å². The lowest BCUT2D eigenvalue weighted by Gasteiger charge is -2.18. The lowest BCUT2D eigenvalue weighted by molar-refractivity contribution is 0.309. The Labute approximate surface area is 132 Å². The molecular weight excluding hydrogens is 310 g/mol. The topological polar surface area (TPSA) is 61.4 Å². The zero-order valence-corrected chi connectivity index (χ0v) is 14.4. The second kappa shape index (κ2) is 8.70. The number of rotatable bonds is 9. The second-order valence-electron chi connectivity index (χ2n) is 4.71. The quantitative estimate of drug-likeness (QED) is 0.722. The number of likely N-dealkylation sites (N-methyl/N-ethyl adjacent to an activating group) is 1. The van der Waals surface area contributed by atoms with Gasteiger partial charge in [0.2, 0.25) is 10.0 Å². The van der Waals surface area contributed by atoms with Gasteiger partial charge in [-0.3, -0.25) is 0 Å². The van der Waals surface area contributed by atoms with E-state index in [1.54, 1.807) is 12.1 Å². The van der Waals surface area contributed by atoms with Gasteiger partial charge in [0, 0.05) is 24.7 Å². The van der Waals surface area contributed by atoms with Crippen molar-refractivity contribution in [3.05, 3.63) is 28.8 Å². The van der Waals surface area contributed by atoms with Crippen LogP contribution in [-0.2, 0) is 16.6 Å². The maximum absolute atomic E-state index is 12.2. The van der Waals surface area contributed by atoms with Crippen molar-refractivity contribution in [2.24, 2.45) is 0 Å². The highest BCUT2D eigenvalue weighted by atomic mass is 35.5. The Hall–Kier alpha value is -0.660. The average molecular weight is 334 g/mol. The van der Waals surface area contributed by atoms with Crippen LogP contribution in [0.2, 0.25) is 5.02 Å². The van der Waals surface area contributed by atoms with E-state index in [-0.39, 0.29) is 4.90 Å². The monoisotopic (exact) mass is 333 g/mol. The predicted octanol–water partition coefficient (Wildman–Crippen LogP) is 1.68. The predicted molar refractivity (Wildman–Crippen MR) is 87.2 cm³/mol. The third kappa shape index (κ3) is 5.56. The van der Waals surface area contributed by atoms with Crippen molar-refractivity contribution in [2.45, 2.75) is 25.3 Å². The van der Waals surface area contributed by atoms with Gasteiger partial charge in [0.05, 0.1) is 4.90 Å². The van der Waals surface area contributed by atoms with E-state index in [1.807, 2.05) is 7.05 Å². The molecule has 1 rings (SSSR count). The molecule has 21 heavy (non-hydrogen) atoms. The smallest absolute Gasteiger partial charge is 0.240 e. The van der Waals surface area contributed by atoms with E-state index < -0.39 is 10.0 Å². The fourth-order valence-electron chi connectivity index (χ4n) is 1.99. The Balaban J connectivity index is 2.72. The van der Waals surface area contributed by atoms with Gasteiger partial charge in [-0.15, -0.1) is 0 Å². The van der Waals surface area contributed by atoms with Gasteiger partial charge < -0.3 is 10.2 Å². The Bertz CT molecular complexity index is 545. The fourth-order valence-corrected chi connectivity index (χ4v) is 3.35. The first kappa shape index (κ1) is 18.4. The zero-order chi connectivity index (χ0) is 15.9. The minimum absolute atomic E-state index is 0.201. The molecule has 1 aromatic rings. The molecule has 5 nitrogen and oxygen atoms in total. The second-order valence-corrected chi connectivity index (χ2v) is 6.88. The van der Waals surface area contributed by atoms with Crippen LogP contribution in [0.15, 0.2) is 23.1 Å². The number of sulfonamides is 1. The Morgan fingerprint density at radius 3 is 2.43 bits per heavy atom. The van der Waals surface area contributed by atoms with E-state index in [1.165, 1.54) is 6.07 Å². The van der Waals surface area contributed by atoms with E-state index in [2.05, 4.69) is 28.8 Å². The number of hydrogen-bond acceptors (Lipinski definition) is 4. The van der Waals surface area contributed by atoms with Gasteiger partial charge in [0.1, 0.15) is 0 Å². The van der Waals surface area contributed by atoms with E-state index in [0.29, 0.717) is 24.7 Å². The summed E-state index contributed by atoms with van der Waals surface area (Å²) in [5.74, 6) is 0. The summed E-state index contributed by atoms with van der Waals surface area (Å²) in [7, 11) is -1.69. The molecule has 0 aliphatic heterocycles. The van der Waals surface area contributed by atoms with Crippen LogP contribution in [0.4, 0.5) is 0 Å². The molecule has 2 N–H and O–H groups in total.